The van der Waals surface area contributed by atoms with Crippen LogP contribution in [0.3, 0.4) is 0 Å². The minimum atomic E-state index is -0.814. The highest BCUT2D eigenvalue weighted by atomic mass is 35.5. The average Bonchev–Trinajstić information content (AvgIpc) is 3.00. The predicted molar refractivity (Wildman–Crippen MR) is 114 cm³/mol. The van der Waals surface area contributed by atoms with Crippen LogP contribution >= 0.6 is 11.8 Å². The van der Waals surface area contributed by atoms with Crippen LogP contribution in [-0.4, -0.2) is 48.0 Å². The van der Waals surface area contributed by atoms with Gasteiger partial charge in [-0.15, -0.1) is 11.8 Å². The number of halogens is 1. The number of rotatable bonds is 12. The molecular formula is C21H30ClN2O5S-. The van der Waals surface area contributed by atoms with Crippen LogP contribution in [0.4, 0.5) is 5.69 Å². The van der Waals surface area contributed by atoms with Crippen LogP contribution < -0.4 is 27.8 Å². The summed E-state index contributed by atoms with van der Waals surface area (Å²) in [7, 11) is 0. The van der Waals surface area contributed by atoms with Gasteiger partial charge in [-0.25, -0.2) is 4.90 Å². The predicted octanol–water partition coefficient (Wildman–Crippen LogP) is -0.0948. The van der Waals surface area contributed by atoms with E-state index in [0.29, 0.717) is 12.3 Å². The monoisotopic (exact) mass is 457 g/mol. The summed E-state index contributed by atoms with van der Waals surface area (Å²) >= 11 is 1.21. The van der Waals surface area contributed by atoms with Crippen LogP contribution in [0, 0.1) is 0 Å². The number of ether oxygens (including phenoxy) is 2. The molecular weight excluding hydrogens is 428 g/mol. The Labute approximate surface area is 188 Å². The second-order valence-corrected chi connectivity index (χ2v) is 8.09. The van der Waals surface area contributed by atoms with Crippen molar-refractivity contribution in [1.29, 1.82) is 0 Å². The molecule has 2 amide bonds. The van der Waals surface area contributed by atoms with Gasteiger partial charge in [0.05, 0.1) is 24.2 Å². The fourth-order valence-corrected chi connectivity index (χ4v) is 4.04. The SMILES string of the molecule is CCCCCCOc1ccc(N2C(=O)CC(SC[C@H](N)C(=O)OCC)C2=O)cc1.[Cl-]. The van der Waals surface area contributed by atoms with E-state index in [-0.39, 0.29) is 43.0 Å². The van der Waals surface area contributed by atoms with Crippen molar-refractivity contribution in [1.82, 2.24) is 0 Å². The molecule has 1 heterocycles. The molecule has 0 radical (unpaired) electrons. The number of hydrogen-bond donors (Lipinski definition) is 1. The fourth-order valence-electron chi connectivity index (χ4n) is 2.95. The lowest BCUT2D eigenvalue weighted by Gasteiger charge is -2.16. The largest absolute Gasteiger partial charge is 1.00 e. The number of unbranched alkanes of at least 4 members (excludes halogenated alkanes) is 3. The van der Waals surface area contributed by atoms with E-state index in [0.717, 1.165) is 18.6 Å². The van der Waals surface area contributed by atoms with Gasteiger partial charge in [0.25, 0.3) is 0 Å². The standard InChI is InChI=1S/C21H30N2O5S.ClH/c1-3-5-6-7-12-28-16-10-8-15(9-11-16)23-19(24)13-18(20(23)25)29-14-17(22)21(26)27-4-2;/h8-11,17-18H,3-7,12-14,22H2,1-2H3;1H/p-1/t17-,18?;/m0./s1. The zero-order valence-electron chi connectivity index (χ0n) is 17.5. The first-order valence-electron chi connectivity index (χ1n) is 10.1. The minimum absolute atomic E-state index is 0. The summed E-state index contributed by atoms with van der Waals surface area (Å²) in [6.45, 7) is 4.78. The number of nitrogens with zero attached hydrogens (tertiary/aromatic N) is 1. The third kappa shape index (κ3) is 7.49. The van der Waals surface area contributed by atoms with Gasteiger partial charge in [-0.2, -0.15) is 0 Å². The van der Waals surface area contributed by atoms with E-state index in [1.807, 2.05) is 0 Å². The van der Waals surface area contributed by atoms with Crippen LogP contribution in [-0.2, 0) is 19.1 Å². The van der Waals surface area contributed by atoms with Crippen molar-refractivity contribution in [3.63, 3.8) is 0 Å². The second-order valence-electron chi connectivity index (χ2n) is 6.86. The van der Waals surface area contributed by atoms with E-state index in [1.165, 1.54) is 29.5 Å². The molecule has 9 heteroatoms. The van der Waals surface area contributed by atoms with Gasteiger partial charge in [-0.1, -0.05) is 26.2 Å². The summed E-state index contributed by atoms with van der Waals surface area (Å²) in [4.78, 5) is 37.8. The van der Waals surface area contributed by atoms with Gasteiger partial charge >= 0.3 is 5.97 Å². The highest BCUT2D eigenvalue weighted by molar-refractivity contribution is 8.00. The van der Waals surface area contributed by atoms with Crippen LogP contribution in [0.25, 0.3) is 0 Å². The molecule has 1 saturated heterocycles. The number of carbonyl (C=O) groups excluding carboxylic acids is 3. The van der Waals surface area contributed by atoms with Gasteiger partial charge in [0.1, 0.15) is 11.8 Å². The molecule has 168 valence electrons. The minimum Gasteiger partial charge on any atom is -1.00 e. The first-order valence-corrected chi connectivity index (χ1v) is 11.2. The van der Waals surface area contributed by atoms with Crippen molar-refractivity contribution in [2.75, 3.05) is 23.9 Å². The van der Waals surface area contributed by atoms with Crippen molar-refractivity contribution >= 4 is 35.2 Å². The van der Waals surface area contributed by atoms with Gasteiger partial charge in [0.2, 0.25) is 11.8 Å². The molecule has 0 bridgehead atoms. The molecule has 2 atom stereocenters. The topological polar surface area (TPSA) is 98.9 Å². The first kappa shape index (κ1) is 26.3. The molecule has 2 rings (SSSR count). The molecule has 7 nitrogen and oxygen atoms in total. The Kier molecular flexibility index (Phi) is 11.8. The number of thioether (sulfide) groups is 1. The van der Waals surface area contributed by atoms with Crippen molar-refractivity contribution < 1.29 is 36.3 Å². The quantitative estimate of drug-likeness (QED) is 0.266. The normalized spacial score (nSPS) is 16.9. The van der Waals surface area contributed by atoms with E-state index in [1.54, 1.807) is 31.2 Å². The van der Waals surface area contributed by atoms with E-state index >= 15 is 0 Å². The summed E-state index contributed by atoms with van der Waals surface area (Å²) < 4.78 is 10.6. The summed E-state index contributed by atoms with van der Waals surface area (Å²) in [6.07, 6.45) is 4.62. The average molecular weight is 458 g/mol. The Hall–Kier alpha value is -1.77. The Morgan fingerprint density at radius 1 is 1.20 bits per heavy atom. The van der Waals surface area contributed by atoms with Crippen LogP contribution in [0.5, 0.6) is 5.75 Å². The fraction of sp³-hybridized carbons (Fsp3) is 0.571. The van der Waals surface area contributed by atoms with Crippen LogP contribution in [0.2, 0.25) is 0 Å². The van der Waals surface area contributed by atoms with Crippen LogP contribution in [0.15, 0.2) is 24.3 Å². The van der Waals surface area contributed by atoms with Crippen molar-refractivity contribution in [2.45, 2.75) is 57.2 Å². The third-order valence-corrected chi connectivity index (χ3v) is 5.86. The number of anilines is 1. The highest BCUT2D eigenvalue weighted by Gasteiger charge is 2.40. The van der Waals surface area contributed by atoms with Gasteiger partial charge in [0.15, 0.2) is 0 Å². The Bertz CT molecular complexity index is 701. The number of benzene rings is 1. The Balaban J connectivity index is 0.00000450. The van der Waals surface area contributed by atoms with E-state index < -0.39 is 17.3 Å². The number of amides is 2. The molecule has 30 heavy (non-hydrogen) atoms. The number of nitrogens with two attached hydrogens (primary N) is 1. The Morgan fingerprint density at radius 3 is 2.53 bits per heavy atom. The number of carbonyl (C=O) groups is 3. The molecule has 0 aliphatic carbocycles. The molecule has 1 unspecified atom stereocenters. The smallest absolute Gasteiger partial charge is 0.323 e. The van der Waals surface area contributed by atoms with Crippen molar-refractivity contribution in [3.05, 3.63) is 24.3 Å². The van der Waals surface area contributed by atoms with E-state index in [4.69, 9.17) is 15.2 Å². The van der Waals surface area contributed by atoms with Gasteiger partial charge < -0.3 is 27.6 Å². The van der Waals surface area contributed by atoms with Crippen molar-refractivity contribution in [2.24, 2.45) is 5.73 Å². The first-order chi connectivity index (χ1) is 14.0. The summed E-state index contributed by atoms with van der Waals surface area (Å²) in [5.41, 5.74) is 6.30. The maximum Gasteiger partial charge on any atom is 0.323 e. The third-order valence-electron chi connectivity index (χ3n) is 4.53. The number of esters is 1. The summed E-state index contributed by atoms with van der Waals surface area (Å²) in [5.74, 6) is -0.106. The molecule has 1 fully saturated rings. The van der Waals surface area contributed by atoms with Gasteiger partial charge in [-0.3, -0.25) is 14.4 Å². The Morgan fingerprint density at radius 2 is 1.90 bits per heavy atom. The van der Waals surface area contributed by atoms with Gasteiger partial charge in [0, 0.05) is 12.2 Å². The highest BCUT2D eigenvalue weighted by Crippen LogP contribution is 2.31. The molecule has 1 aromatic carbocycles. The molecule has 0 aromatic heterocycles. The van der Waals surface area contributed by atoms with Gasteiger partial charge in [-0.05, 0) is 37.6 Å². The molecule has 1 aliphatic rings. The maximum atomic E-state index is 12.7. The molecule has 0 saturated carbocycles. The number of hydrogen-bond acceptors (Lipinski definition) is 7. The van der Waals surface area contributed by atoms with E-state index in [9.17, 15) is 14.4 Å². The lowest BCUT2D eigenvalue weighted by Crippen LogP contribution is -3.00. The lowest BCUT2D eigenvalue weighted by atomic mass is 10.2. The zero-order chi connectivity index (χ0) is 21.2. The second kappa shape index (κ2) is 13.5. The zero-order valence-corrected chi connectivity index (χ0v) is 19.0. The molecule has 0 spiro atoms. The van der Waals surface area contributed by atoms with Crippen molar-refractivity contribution in [3.8, 4) is 5.75 Å². The summed E-state index contributed by atoms with van der Waals surface area (Å²) in [5, 5.41) is -0.544. The number of imide groups is 1. The molecule has 1 aliphatic heterocycles. The molecule has 2 N–H and O–H groups in total. The lowest BCUT2D eigenvalue weighted by molar-refractivity contribution is -0.144. The van der Waals surface area contributed by atoms with E-state index in [2.05, 4.69) is 6.92 Å². The maximum absolute atomic E-state index is 12.7. The summed E-state index contributed by atoms with van der Waals surface area (Å²) in [6, 6.07) is 6.16. The van der Waals surface area contributed by atoms with Crippen LogP contribution in [0.1, 0.15) is 46.0 Å². The molecule has 1 aromatic rings.